The van der Waals surface area contributed by atoms with E-state index in [0.29, 0.717) is 41.6 Å². The summed E-state index contributed by atoms with van der Waals surface area (Å²) in [6.45, 7) is 0.457. The summed E-state index contributed by atoms with van der Waals surface area (Å²) in [5.74, 6) is 2.24. The molecule has 0 radical (unpaired) electrons. The van der Waals surface area contributed by atoms with Gasteiger partial charge >= 0.3 is 5.97 Å². The maximum absolute atomic E-state index is 10.9. The van der Waals surface area contributed by atoms with Gasteiger partial charge in [-0.15, -0.1) is 0 Å². The molecule has 0 aliphatic heterocycles. The molecule has 180 valence electrons. The minimum absolute atomic E-state index is 0.0738. The third kappa shape index (κ3) is 5.27. The molecule has 8 heteroatoms. The van der Waals surface area contributed by atoms with Crippen LogP contribution in [0.4, 0.5) is 5.82 Å². The van der Waals surface area contributed by atoms with Crippen molar-refractivity contribution in [3.63, 3.8) is 0 Å². The van der Waals surface area contributed by atoms with E-state index in [9.17, 15) is 4.79 Å². The van der Waals surface area contributed by atoms with Gasteiger partial charge in [-0.25, -0.2) is 9.97 Å². The summed E-state index contributed by atoms with van der Waals surface area (Å²) in [5.41, 5.74) is 3.54. The second kappa shape index (κ2) is 10.7. The Bertz CT molecular complexity index is 1340. The van der Waals surface area contributed by atoms with Crippen LogP contribution in [0, 0.1) is 0 Å². The molecule has 0 unspecified atom stereocenters. The number of carboxylic acids is 1. The highest BCUT2D eigenvalue weighted by Crippen LogP contribution is 2.36. The average Bonchev–Trinajstić information content (AvgIpc) is 2.90. The molecular weight excluding hydrogens is 446 g/mol. The number of carboxylic acid groups (broad SMARTS) is 1. The number of hydrogen-bond acceptors (Lipinski definition) is 7. The third-order valence-electron chi connectivity index (χ3n) is 5.62. The lowest BCUT2D eigenvalue weighted by Crippen LogP contribution is -2.08. The highest BCUT2D eigenvalue weighted by molar-refractivity contribution is 5.93. The normalized spacial score (nSPS) is 10.7. The fourth-order valence-corrected chi connectivity index (χ4v) is 3.85. The Morgan fingerprint density at radius 1 is 0.857 bits per heavy atom. The fraction of sp³-hybridized carbons (Fsp3) is 0.222. The molecule has 8 nitrogen and oxygen atoms in total. The van der Waals surface area contributed by atoms with Crippen molar-refractivity contribution >= 4 is 22.7 Å². The first kappa shape index (κ1) is 23.8. The Morgan fingerprint density at radius 3 is 2.20 bits per heavy atom. The van der Waals surface area contributed by atoms with Crippen LogP contribution < -0.4 is 19.5 Å². The predicted molar refractivity (Wildman–Crippen MR) is 135 cm³/mol. The van der Waals surface area contributed by atoms with Gasteiger partial charge in [0.2, 0.25) is 0 Å². The lowest BCUT2D eigenvalue weighted by Gasteiger charge is -2.14. The number of benzene rings is 3. The first-order valence-electron chi connectivity index (χ1n) is 11.2. The number of aliphatic carboxylic acids is 1. The van der Waals surface area contributed by atoms with E-state index < -0.39 is 5.97 Å². The zero-order chi connectivity index (χ0) is 24.8. The Hall–Kier alpha value is -4.33. The van der Waals surface area contributed by atoms with Gasteiger partial charge in [-0.3, -0.25) is 4.79 Å². The number of hydrogen-bond donors (Lipinski definition) is 2. The van der Waals surface area contributed by atoms with Gasteiger partial charge in [-0.1, -0.05) is 42.5 Å². The van der Waals surface area contributed by atoms with Crippen molar-refractivity contribution in [1.29, 1.82) is 0 Å². The molecule has 35 heavy (non-hydrogen) atoms. The smallest absolute Gasteiger partial charge is 0.303 e. The summed E-state index contributed by atoms with van der Waals surface area (Å²) < 4.78 is 16.4. The minimum Gasteiger partial charge on any atom is -0.496 e. The van der Waals surface area contributed by atoms with Gasteiger partial charge in [-0.2, -0.15) is 0 Å². The van der Waals surface area contributed by atoms with Crippen LogP contribution in [0.25, 0.3) is 33.4 Å². The maximum Gasteiger partial charge on any atom is 0.303 e. The van der Waals surface area contributed by atoms with Gasteiger partial charge in [0.15, 0.2) is 17.3 Å². The SMILES string of the molecule is COc1cc2nc(-c3ccc(-c4ccccc4OC)cc3)nc(NCCCC(=O)O)c2cc1OC. The Morgan fingerprint density at radius 2 is 1.51 bits per heavy atom. The van der Waals surface area contributed by atoms with Crippen LogP contribution in [0.1, 0.15) is 12.8 Å². The average molecular weight is 474 g/mol. The molecule has 0 saturated carbocycles. The number of para-hydroxylation sites is 1. The predicted octanol–water partition coefficient (Wildman–Crippen LogP) is 5.27. The second-order valence-corrected chi connectivity index (χ2v) is 7.82. The zero-order valence-corrected chi connectivity index (χ0v) is 19.9. The van der Waals surface area contributed by atoms with Crippen molar-refractivity contribution in [1.82, 2.24) is 9.97 Å². The molecule has 3 aromatic carbocycles. The molecule has 1 heterocycles. The summed E-state index contributed by atoms with van der Waals surface area (Å²) in [6, 6.07) is 19.4. The fourth-order valence-electron chi connectivity index (χ4n) is 3.85. The van der Waals surface area contributed by atoms with Gasteiger partial charge in [-0.05, 0) is 24.1 Å². The summed E-state index contributed by atoms with van der Waals surface area (Å²) in [6.07, 6.45) is 0.543. The molecule has 0 fully saturated rings. The molecule has 2 N–H and O–H groups in total. The van der Waals surface area contributed by atoms with Crippen LogP contribution in [0.5, 0.6) is 17.2 Å². The summed E-state index contributed by atoms with van der Waals surface area (Å²) >= 11 is 0. The Kier molecular flexibility index (Phi) is 7.30. The van der Waals surface area contributed by atoms with E-state index in [4.69, 9.17) is 29.3 Å². The van der Waals surface area contributed by atoms with Crippen molar-refractivity contribution < 1.29 is 24.1 Å². The number of aromatic nitrogens is 2. The topological polar surface area (TPSA) is 103 Å². The number of anilines is 1. The van der Waals surface area contributed by atoms with Crippen LogP contribution in [-0.2, 0) is 4.79 Å². The number of fused-ring (bicyclic) bond motifs is 1. The molecule has 0 amide bonds. The van der Waals surface area contributed by atoms with Gasteiger partial charge in [0.05, 0.1) is 26.8 Å². The Balaban J connectivity index is 1.74. The lowest BCUT2D eigenvalue weighted by atomic mass is 10.0. The van der Waals surface area contributed by atoms with Gasteiger partial charge in [0, 0.05) is 35.5 Å². The van der Waals surface area contributed by atoms with E-state index in [2.05, 4.69) is 5.32 Å². The first-order chi connectivity index (χ1) is 17.0. The molecule has 4 aromatic rings. The standard InChI is InChI=1S/C27H27N3O5/c1-33-22-8-5-4-7-19(22)17-10-12-18(13-11-17)26-29-21-16-24(35-3)23(34-2)15-20(21)27(30-26)28-14-6-9-25(31)32/h4-5,7-8,10-13,15-16H,6,9,14H2,1-3H3,(H,31,32)(H,28,29,30). The molecule has 1 aromatic heterocycles. The highest BCUT2D eigenvalue weighted by Gasteiger charge is 2.15. The zero-order valence-electron chi connectivity index (χ0n) is 19.9. The minimum atomic E-state index is -0.832. The number of carbonyl (C=O) groups is 1. The van der Waals surface area contributed by atoms with Gasteiger partial charge in [0.25, 0.3) is 0 Å². The molecule has 4 rings (SSSR count). The molecular formula is C27H27N3O5. The number of methoxy groups -OCH3 is 3. The van der Waals surface area contributed by atoms with Gasteiger partial charge < -0.3 is 24.6 Å². The molecule has 0 saturated heterocycles. The number of nitrogens with zero attached hydrogens (tertiary/aromatic N) is 2. The van der Waals surface area contributed by atoms with Crippen molar-refractivity contribution in [2.75, 3.05) is 33.2 Å². The second-order valence-electron chi connectivity index (χ2n) is 7.82. The van der Waals surface area contributed by atoms with Crippen LogP contribution in [0.15, 0.2) is 60.7 Å². The van der Waals surface area contributed by atoms with Crippen molar-refractivity contribution in [2.45, 2.75) is 12.8 Å². The molecule has 0 aliphatic carbocycles. The van der Waals surface area contributed by atoms with E-state index >= 15 is 0 Å². The Labute approximate surface area is 203 Å². The lowest BCUT2D eigenvalue weighted by molar-refractivity contribution is -0.137. The van der Waals surface area contributed by atoms with Crippen molar-refractivity contribution in [2.24, 2.45) is 0 Å². The van der Waals surface area contributed by atoms with Crippen LogP contribution in [0.2, 0.25) is 0 Å². The van der Waals surface area contributed by atoms with Crippen molar-refractivity contribution in [3.8, 4) is 39.8 Å². The molecule has 0 atom stereocenters. The van der Waals surface area contributed by atoms with Crippen molar-refractivity contribution in [3.05, 3.63) is 60.7 Å². The molecule has 0 bridgehead atoms. The van der Waals surface area contributed by atoms with Crippen LogP contribution in [0.3, 0.4) is 0 Å². The van der Waals surface area contributed by atoms with Crippen LogP contribution >= 0.6 is 0 Å². The summed E-state index contributed by atoms with van der Waals surface area (Å²) in [4.78, 5) is 20.4. The largest absolute Gasteiger partial charge is 0.496 e. The quantitative estimate of drug-likeness (QED) is 0.301. The maximum atomic E-state index is 10.9. The number of nitrogens with one attached hydrogen (secondary N) is 1. The van der Waals surface area contributed by atoms with E-state index in [1.54, 1.807) is 21.3 Å². The highest BCUT2D eigenvalue weighted by atomic mass is 16.5. The summed E-state index contributed by atoms with van der Waals surface area (Å²) in [7, 11) is 4.81. The van der Waals surface area contributed by atoms with E-state index in [1.165, 1.54) is 0 Å². The van der Waals surface area contributed by atoms with Gasteiger partial charge in [0.1, 0.15) is 11.6 Å². The number of ether oxygens (including phenoxy) is 3. The number of rotatable bonds is 10. The monoisotopic (exact) mass is 473 g/mol. The first-order valence-corrected chi connectivity index (χ1v) is 11.2. The van der Waals surface area contributed by atoms with Crippen LogP contribution in [-0.4, -0.2) is 48.9 Å². The van der Waals surface area contributed by atoms with E-state index in [0.717, 1.165) is 27.8 Å². The summed E-state index contributed by atoms with van der Waals surface area (Å²) in [5, 5.41) is 13.0. The third-order valence-corrected chi connectivity index (χ3v) is 5.62. The van der Waals surface area contributed by atoms with E-state index in [-0.39, 0.29) is 6.42 Å². The molecule has 0 aliphatic rings. The van der Waals surface area contributed by atoms with E-state index in [1.807, 2.05) is 60.7 Å². The molecule has 0 spiro atoms.